The van der Waals surface area contributed by atoms with Gasteiger partial charge in [0.05, 0.1) is 5.56 Å². The quantitative estimate of drug-likeness (QED) is 0.499. The van der Waals surface area contributed by atoms with Gasteiger partial charge in [-0.2, -0.15) is 13.2 Å². The molecule has 0 N–H and O–H groups in total. The molecular formula is C23H17F3O3. The number of rotatable bonds is 6. The van der Waals surface area contributed by atoms with Crippen molar-refractivity contribution in [2.75, 3.05) is 0 Å². The molecule has 0 aliphatic carbocycles. The lowest BCUT2D eigenvalue weighted by Crippen LogP contribution is -2.12. The Labute approximate surface area is 165 Å². The van der Waals surface area contributed by atoms with Crippen molar-refractivity contribution in [3.63, 3.8) is 0 Å². The smallest absolute Gasteiger partial charge is 0.416 e. The molecule has 0 aromatic heterocycles. The summed E-state index contributed by atoms with van der Waals surface area (Å²) in [6.45, 7) is 1.55. The number of benzene rings is 3. The number of Topliss-reactive ketones (excluding diaryl/α,β-unsaturated/α-hetero) is 1. The van der Waals surface area contributed by atoms with Crippen LogP contribution in [0.5, 0.6) is 5.75 Å². The maximum absolute atomic E-state index is 13.0. The Kier molecular flexibility index (Phi) is 5.82. The summed E-state index contributed by atoms with van der Waals surface area (Å²) < 4.78 is 44.7. The second kappa shape index (κ2) is 8.31. The number of hydrogen-bond donors (Lipinski definition) is 0. The maximum Gasteiger partial charge on any atom is 0.416 e. The Morgan fingerprint density at radius 1 is 0.862 bits per heavy atom. The highest BCUT2D eigenvalue weighted by molar-refractivity contribution is 6.15. The average molecular weight is 398 g/mol. The van der Waals surface area contributed by atoms with E-state index < -0.39 is 23.3 Å². The van der Waals surface area contributed by atoms with Crippen molar-refractivity contribution in [2.45, 2.75) is 19.7 Å². The highest BCUT2D eigenvalue weighted by Gasteiger charge is 2.32. The Bertz CT molecular complexity index is 1020. The second-order valence-corrected chi connectivity index (χ2v) is 6.44. The molecule has 3 nitrogen and oxygen atoms in total. The molecule has 29 heavy (non-hydrogen) atoms. The molecule has 0 bridgehead atoms. The van der Waals surface area contributed by atoms with Gasteiger partial charge in [0, 0.05) is 16.7 Å². The number of hydrogen-bond acceptors (Lipinski definition) is 3. The van der Waals surface area contributed by atoms with Crippen molar-refractivity contribution in [3.05, 3.63) is 101 Å². The molecule has 0 atom stereocenters. The molecule has 0 amide bonds. The molecule has 0 saturated heterocycles. The third-order valence-electron chi connectivity index (χ3n) is 4.34. The molecule has 0 heterocycles. The van der Waals surface area contributed by atoms with Crippen LogP contribution in [0.3, 0.4) is 0 Å². The van der Waals surface area contributed by atoms with Gasteiger partial charge in [-0.25, -0.2) is 0 Å². The third-order valence-corrected chi connectivity index (χ3v) is 4.34. The van der Waals surface area contributed by atoms with Gasteiger partial charge in [-0.1, -0.05) is 36.4 Å². The zero-order chi connectivity index (χ0) is 21.0. The maximum atomic E-state index is 13.0. The lowest BCUT2D eigenvalue weighted by molar-refractivity contribution is -0.137. The van der Waals surface area contributed by atoms with E-state index in [2.05, 4.69) is 0 Å². The summed E-state index contributed by atoms with van der Waals surface area (Å²) in [6.07, 6.45) is -4.61. The molecule has 3 aromatic rings. The Hall–Kier alpha value is -3.41. The SMILES string of the molecule is CC(=O)c1ccc(C(F)(F)F)cc1C(=O)c1ccc(OCc2ccccc2)cc1. The van der Waals surface area contributed by atoms with E-state index in [1.807, 2.05) is 30.3 Å². The molecule has 3 aromatic carbocycles. The van der Waals surface area contributed by atoms with Crippen LogP contribution in [-0.4, -0.2) is 11.6 Å². The van der Waals surface area contributed by atoms with Gasteiger partial charge in [0.25, 0.3) is 0 Å². The number of carbonyl (C=O) groups is 2. The van der Waals surface area contributed by atoms with Gasteiger partial charge in [-0.15, -0.1) is 0 Å². The normalized spacial score (nSPS) is 11.2. The molecule has 0 fully saturated rings. The molecule has 0 unspecified atom stereocenters. The van der Waals surface area contributed by atoms with Crippen LogP contribution < -0.4 is 4.74 Å². The predicted molar refractivity (Wildman–Crippen MR) is 102 cm³/mol. The van der Waals surface area contributed by atoms with Gasteiger partial charge in [-0.3, -0.25) is 9.59 Å². The van der Waals surface area contributed by atoms with E-state index in [0.717, 1.165) is 23.8 Å². The Morgan fingerprint density at radius 2 is 1.52 bits per heavy atom. The van der Waals surface area contributed by atoms with Crippen LogP contribution in [0.2, 0.25) is 0 Å². The van der Waals surface area contributed by atoms with Gasteiger partial charge in [0.1, 0.15) is 12.4 Å². The first-order valence-electron chi connectivity index (χ1n) is 8.79. The highest BCUT2D eigenvalue weighted by atomic mass is 19.4. The molecule has 0 aliphatic heterocycles. The molecule has 0 aliphatic rings. The molecule has 0 spiro atoms. The fraction of sp³-hybridized carbons (Fsp3) is 0.130. The number of alkyl halides is 3. The minimum atomic E-state index is -4.61. The zero-order valence-corrected chi connectivity index (χ0v) is 15.5. The largest absolute Gasteiger partial charge is 0.489 e. The van der Waals surface area contributed by atoms with E-state index in [1.54, 1.807) is 12.1 Å². The summed E-state index contributed by atoms with van der Waals surface area (Å²) in [4.78, 5) is 24.6. The summed E-state index contributed by atoms with van der Waals surface area (Å²) in [6, 6.07) is 18.1. The third kappa shape index (κ3) is 4.90. The van der Waals surface area contributed by atoms with Crippen LogP contribution >= 0.6 is 0 Å². The molecular weight excluding hydrogens is 381 g/mol. The lowest BCUT2D eigenvalue weighted by Gasteiger charge is -2.12. The standard InChI is InChI=1S/C23H17F3O3/c1-15(27)20-12-9-18(23(24,25)26)13-21(20)22(28)17-7-10-19(11-8-17)29-14-16-5-3-2-4-6-16/h2-13H,14H2,1H3. The van der Waals surface area contributed by atoms with Crippen molar-refractivity contribution in [1.82, 2.24) is 0 Å². The summed E-state index contributed by atoms with van der Waals surface area (Å²) in [5, 5.41) is 0. The van der Waals surface area contributed by atoms with Gasteiger partial charge < -0.3 is 4.74 Å². The van der Waals surface area contributed by atoms with Gasteiger partial charge >= 0.3 is 6.18 Å². The summed E-state index contributed by atoms with van der Waals surface area (Å²) in [5.74, 6) is -0.623. The Morgan fingerprint density at radius 3 is 2.10 bits per heavy atom. The van der Waals surface area contributed by atoms with E-state index in [1.165, 1.54) is 19.1 Å². The average Bonchev–Trinajstić information content (AvgIpc) is 2.71. The van der Waals surface area contributed by atoms with Crippen LogP contribution in [0.1, 0.15) is 44.3 Å². The molecule has 148 valence electrons. The summed E-state index contributed by atoms with van der Waals surface area (Å²) in [7, 11) is 0. The van der Waals surface area contributed by atoms with Crippen LogP contribution in [0.25, 0.3) is 0 Å². The Balaban J connectivity index is 1.83. The minimum absolute atomic E-state index is 0.0487. The van der Waals surface area contributed by atoms with Crippen molar-refractivity contribution in [1.29, 1.82) is 0 Å². The fourth-order valence-electron chi connectivity index (χ4n) is 2.81. The van der Waals surface area contributed by atoms with Crippen LogP contribution in [0.15, 0.2) is 72.8 Å². The monoisotopic (exact) mass is 398 g/mol. The molecule has 6 heteroatoms. The highest BCUT2D eigenvalue weighted by Crippen LogP contribution is 2.31. The van der Waals surface area contributed by atoms with E-state index >= 15 is 0 Å². The topological polar surface area (TPSA) is 43.4 Å². The number of carbonyl (C=O) groups excluding carboxylic acids is 2. The van der Waals surface area contributed by atoms with Crippen LogP contribution in [-0.2, 0) is 12.8 Å². The zero-order valence-electron chi connectivity index (χ0n) is 15.5. The van der Waals surface area contributed by atoms with E-state index in [-0.39, 0.29) is 16.7 Å². The lowest BCUT2D eigenvalue weighted by atomic mass is 9.94. The van der Waals surface area contributed by atoms with E-state index in [0.29, 0.717) is 12.4 Å². The first kappa shape index (κ1) is 20.3. The number of ketones is 2. The van der Waals surface area contributed by atoms with Gasteiger partial charge in [0.15, 0.2) is 11.6 Å². The first-order valence-corrected chi connectivity index (χ1v) is 8.79. The van der Waals surface area contributed by atoms with Crippen LogP contribution in [0.4, 0.5) is 13.2 Å². The summed E-state index contributed by atoms with van der Waals surface area (Å²) in [5.41, 5.74) is -0.159. The molecule has 0 radical (unpaired) electrons. The number of ether oxygens (including phenoxy) is 1. The summed E-state index contributed by atoms with van der Waals surface area (Å²) >= 11 is 0. The van der Waals surface area contributed by atoms with E-state index in [4.69, 9.17) is 4.74 Å². The first-order chi connectivity index (χ1) is 13.8. The fourth-order valence-corrected chi connectivity index (χ4v) is 2.81. The van der Waals surface area contributed by atoms with Crippen molar-refractivity contribution in [2.24, 2.45) is 0 Å². The van der Waals surface area contributed by atoms with Crippen molar-refractivity contribution < 1.29 is 27.5 Å². The van der Waals surface area contributed by atoms with Gasteiger partial charge in [-0.05, 0) is 48.9 Å². The van der Waals surface area contributed by atoms with Crippen molar-refractivity contribution >= 4 is 11.6 Å². The molecule has 0 saturated carbocycles. The van der Waals surface area contributed by atoms with Crippen LogP contribution in [0, 0.1) is 0 Å². The second-order valence-electron chi connectivity index (χ2n) is 6.44. The van der Waals surface area contributed by atoms with E-state index in [9.17, 15) is 22.8 Å². The van der Waals surface area contributed by atoms with Gasteiger partial charge in [0.2, 0.25) is 0 Å². The molecule has 3 rings (SSSR count). The number of halogens is 3. The minimum Gasteiger partial charge on any atom is -0.489 e. The predicted octanol–water partition coefficient (Wildman–Crippen LogP) is 5.72. The van der Waals surface area contributed by atoms with Crippen molar-refractivity contribution in [3.8, 4) is 5.75 Å².